The fourth-order valence-electron chi connectivity index (χ4n) is 4.02. The minimum atomic E-state index is -0.169. The quantitative estimate of drug-likeness (QED) is 0.661. The Bertz CT molecular complexity index is 982. The van der Waals surface area contributed by atoms with Crippen molar-refractivity contribution in [3.05, 3.63) is 84.3 Å². The van der Waals surface area contributed by atoms with Crippen LogP contribution in [0.1, 0.15) is 42.4 Å². The second-order valence-corrected chi connectivity index (χ2v) is 7.04. The number of benzene rings is 2. The van der Waals surface area contributed by atoms with Crippen LogP contribution in [-0.2, 0) is 4.79 Å². The molecule has 0 bridgehead atoms. The molecule has 0 saturated heterocycles. The third-order valence-corrected chi connectivity index (χ3v) is 5.20. The number of furan rings is 1. The van der Waals surface area contributed by atoms with Gasteiger partial charge in [-0.25, -0.2) is 0 Å². The monoisotopic (exact) mass is 374 g/mol. The van der Waals surface area contributed by atoms with Crippen LogP contribution in [0.15, 0.2) is 77.4 Å². The van der Waals surface area contributed by atoms with E-state index in [1.165, 1.54) is 6.26 Å². The lowest BCUT2D eigenvalue weighted by molar-refractivity contribution is -0.117. The number of anilines is 2. The van der Waals surface area contributed by atoms with Crippen molar-refractivity contribution < 1.29 is 14.0 Å². The van der Waals surface area contributed by atoms with Gasteiger partial charge < -0.3 is 14.2 Å². The number of rotatable bonds is 3. The lowest BCUT2D eigenvalue weighted by Gasteiger charge is -2.43. The van der Waals surface area contributed by atoms with Crippen LogP contribution in [0.4, 0.5) is 11.4 Å². The molecule has 3 aromatic rings. The molecular weight excluding hydrogens is 352 g/mol. The number of nitrogens with zero attached hydrogens (tertiary/aromatic N) is 2. The lowest BCUT2D eigenvalue weighted by Crippen LogP contribution is -2.47. The Kier molecular flexibility index (Phi) is 4.74. The van der Waals surface area contributed by atoms with Gasteiger partial charge in [-0.1, -0.05) is 36.4 Å². The first kappa shape index (κ1) is 18.0. The molecule has 1 aromatic heterocycles. The van der Waals surface area contributed by atoms with E-state index < -0.39 is 0 Å². The van der Waals surface area contributed by atoms with Gasteiger partial charge in [-0.2, -0.15) is 0 Å². The average Bonchev–Trinajstić information content (AvgIpc) is 3.23. The van der Waals surface area contributed by atoms with Gasteiger partial charge in [0.1, 0.15) is 0 Å². The molecule has 0 unspecified atom stereocenters. The molecule has 2 amide bonds. The van der Waals surface area contributed by atoms with Crippen molar-refractivity contribution in [2.45, 2.75) is 32.4 Å². The van der Waals surface area contributed by atoms with E-state index >= 15 is 0 Å². The number of hydrogen-bond donors (Lipinski definition) is 0. The van der Waals surface area contributed by atoms with E-state index in [0.717, 1.165) is 16.9 Å². The van der Waals surface area contributed by atoms with E-state index in [0.29, 0.717) is 12.2 Å². The summed E-state index contributed by atoms with van der Waals surface area (Å²) in [5, 5.41) is 0. The highest BCUT2D eigenvalue weighted by Gasteiger charge is 2.38. The maximum Gasteiger partial charge on any atom is 0.294 e. The van der Waals surface area contributed by atoms with Gasteiger partial charge in [0.2, 0.25) is 5.91 Å². The van der Waals surface area contributed by atoms with Crippen LogP contribution in [0.5, 0.6) is 0 Å². The highest BCUT2D eigenvalue weighted by Crippen LogP contribution is 2.42. The molecule has 1 aliphatic rings. The van der Waals surface area contributed by atoms with Gasteiger partial charge >= 0.3 is 0 Å². The minimum absolute atomic E-state index is 0.0241. The van der Waals surface area contributed by atoms with Gasteiger partial charge in [0.05, 0.1) is 12.3 Å². The molecule has 142 valence electrons. The summed E-state index contributed by atoms with van der Waals surface area (Å²) in [5.41, 5.74) is 2.63. The number of fused-ring (bicyclic) bond motifs is 1. The van der Waals surface area contributed by atoms with Crippen LogP contribution < -0.4 is 9.80 Å². The van der Waals surface area contributed by atoms with Crippen LogP contribution in [0, 0.1) is 0 Å². The summed E-state index contributed by atoms with van der Waals surface area (Å²) >= 11 is 0. The van der Waals surface area contributed by atoms with E-state index in [9.17, 15) is 9.59 Å². The predicted octanol–water partition coefficient (Wildman–Crippen LogP) is 4.81. The molecule has 0 N–H and O–H groups in total. The molecule has 0 saturated carbocycles. The molecule has 5 nitrogen and oxygen atoms in total. The average molecular weight is 374 g/mol. The first-order valence-electron chi connectivity index (χ1n) is 9.38. The molecule has 0 spiro atoms. The zero-order valence-electron chi connectivity index (χ0n) is 15.9. The molecule has 28 heavy (non-hydrogen) atoms. The summed E-state index contributed by atoms with van der Waals surface area (Å²) in [6, 6.07) is 20.6. The van der Waals surface area contributed by atoms with E-state index in [-0.39, 0.29) is 23.9 Å². The van der Waals surface area contributed by atoms with Crippen LogP contribution in [-0.4, -0.2) is 17.9 Å². The largest absolute Gasteiger partial charge is 0.459 e. The zero-order valence-corrected chi connectivity index (χ0v) is 15.9. The summed E-state index contributed by atoms with van der Waals surface area (Å²) < 4.78 is 5.34. The number of para-hydroxylation sites is 2. The number of carbonyl (C=O) groups excluding carboxylic acids is 2. The standard InChI is InChI=1S/C23H22N2O3/c1-16-15-21(25(17(2)26)18-9-4-3-5-10-18)19-11-6-7-12-20(19)24(16)23(27)22-13-8-14-28-22/h3-14,16,21H,15H2,1-2H3/t16-,21+/m1/s1. The van der Waals surface area contributed by atoms with E-state index in [2.05, 4.69) is 0 Å². The molecule has 4 rings (SSSR count). The first-order valence-corrected chi connectivity index (χ1v) is 9.38. The molecule has 2 heterocycles. The molecule has 2 atom stereocenters. The van der Waals surface area contributed by atoms with Gasteiger partial charge in [-0.15, -0.1) is 0 Å². The highest BCUT2D eigenvalue weighted by atomic mass is 16.3. The number of carbonyl (C=O) groups is 2. The van der Waals surface area contributed by atoms with Crippen LogP contribution >= 0.6 is 0 Å². The normalized spacial score (nSPS) is 18.4. The van der Waals surface area contributed by atoms with Crippen molar-refractivity contribution in [1.82, 2.24) is 0 Å². The van der Waals surface area contributed by atoms with Crippen molar-refractivity contribution in [1.29, 1.82) is 0 Å². The second-order valence-electron chi connectivity index (χ2n) is 7.04. The Balaban J connectivity index is 1.79. The molecule has 5 heteroatoms. The van der Waals surface area contributed by atoms with Crippen LogP contribution in [0.25, 0.3) is 0 Å². The maximum atomic E-state index is 13.1. The van der Waals surface area contributed by atoms with Gasteiger partial charge in [0.25, 0.3) is 5.91 Å². The molecule has 0 aliphatic carbocycles. The molecule has 1 aliphatic heterocycles. The van der Waals surface area contributed by atoms with Gasteiger partial charge in [0.15, 0.2) is 5.76 Å². The maximum absolute atomic E-state index is 13.1. The first-order chi connectivity index (χ1) is 13.6. The van der Waals surface area contributed by atoms with Crippen molar-refractivity contribution >= 4 is 23.2 Å². The Morgan fingerprint density at radius 3 is 2.39 bits per heavy atom. The van der Waals surface area contributed by atoms with Gasteiger partial charge in [0, 0.05) is 24.3 Å². The topological polar surface area (TPSA) is 53.8 Å². The molecule has 0 radical (unpaired) electrons. The van der Waals surface area contributed by atoms with Gasteiger partial charge in [-0.05, 0) is 49.2 Å². The Morgan fingerprint density at radius 1 is 1.00 bits per heavy atom. The highest BCUT2D eigenvalue weighted by molar-refractivity contribution is 6.06. The lowest BCUT2D eigenvalue weighted by atomic mass is 9.89. The van der Waals surface area contributed by atoms with Crippen molar-refractivity contribution in [3.8, 4) is 0 Å². The third kappa shape index (κ3) is 3.09. The van der Waals surface area contributed by atoms with Crippen molar-refractivity contribution in [2.75, 3.05) is 9.80 Å². The fourth-order valence-corrected chi connectivity index (χ4v) is 4.02. The fraction of sp³-hybridized carbons (Fsp3) is 0.217. The molecule has 0 fully saturated rings. The molecular formula is C23H22N2O3. The van der Waals surface area contributed by atoms with Crippen molar-refractivity contribution in [3.63, 3.8) is 0 Å². The van der Waals surface area contributed by atoms with E-state index in [1.54, 1.807) is 24.0 Å². The van der Waals surface area contributed by atoms with Crippen LogP contribution in [0.3, 0.4) is 0 Å². The smallest absolute Gasteiger partial charge is 0.294 e. The number of hydrogen-bond acceptors (Lipinski definition) is 3. The third-order valence-electron chi connectivity index (χ3n) is 5.20. The summed E-state index contributed by atoms with van der Waals surface area (Å²) in [4.78, 5) is 29.3. The summed E-state index contributed by atoms with van der Waals surface area (Å²) in [6.45, 7) is 3.59. The summed E-state index contributed by atoms with van der Waals surface area (Å²) in [5.74, 6) is 0.119. The SMILES string of the molecule is CC(=O)N(c1ccccc1)[C@H]1C[C@@H](C)N(C(=O)c2ccco2)c2ccccc21. The Morgan fingerprint density at radius 2 is 1.71 bits per heavy atom. The summed E-state index contributed by atoms with van der Waals surface area (Å²) in [6.07, 6.45) is 2.14. The van der Waals surface area contributed by atoms with Gasteiger partial charge in [-0.3, -0.25) is 9.59 Å². The van der Waals surface area contributed by atoms with Crippen molar-refractivity contribution in [2.24, 2.45) is 0 Å². The minimum Gasteiger partial charge on any atom is -0.459 e. The van der Waals surface area contributed by atoms with E-state index in [1.807, 2.05) is 66.4 Å². The Hall–Kier alpha value is -3.34. The second kappa shape index (κ2) is 7.35. The van der Waals surface area contributed by atoms with E-state index in [4.69, 9.17) is 4.42 Å². The summed E-state index contributed by atoms with van der Waals surface area (Å²) in [7, 11) is 0. The Labute approximate surface area is 164 Å². The number of amides is 2. The predicted molar refractivity (Wildman–Crippen MR) is 108 cm³/mol. The van der Waals surface area contributed by atoms with Crippen LogP contribution in [0.2, 0.25) is 0 Å². The molecule has 2 aromatic carbocycles. The zero-order chi connectivity index (χ0) is 19.7.